The fourth-order valence-electron chi connectivity index (χ4n) is 1.89. The number of para-hydroxylation sites is 2. The second-order valence-corrected chi connectivity index (χ2v) is 5.34. The third-order valence-corrected chi connectivity index (χ3v) is 3.89. The molecule has 0 aliphatic carbocycles. The molecule has 0 unspecified atom stereocenters. The highest BCUT2D eigenvalue weighted by Gasteiger charge is 2.06. The molecule has 1 heterocycles. The van der Waals surface area contributed by atoms with Gasteiger partial charge in [0.15, 0.2) is 11.4 Å². The predicted molar refractivity (Wildman–Crippen MR) is 82.5 cm³/mol. The Morgan fingerprint density at radius 2 is 1.95 bits per heavy atom. The van der Waals surface area contributed by atoms with Gasteiger partial charge in [-0.15, -0.1) is 0 Å². The van der Waals surface area contributed by atoms with Crippen molar-refractivity contribution in [3.8, 4) is 0 Å². The smallest absolute Gasteiger partial charge is 0.257 e. The zero-order valence-electron chi connectivity index (χ0n) is 11.1. The second kappa shape index (κ2) is 5.88. The number of oxazole rings is 1. The Balaban J connectivity index is 1.69. The highest BCUT2D eigenvalue weighted by atomic mass is 32.2. The number of rotatable bonds is 4. The van der Waals surface area contributed by atoms with Crippen molar-refractivity contribution in [1.29, 1.82) is 0 Å². The lowest BCUT2D eigenvalue weighted by molar-refractivity contribution is 0.318. The third-order valence-electron chi connectivity index (χ3n) is 2.99. The molecule has 5 nitrogen and oxygen atoms in total. The summed E-state index contributed by atoms with van der Waals surface area (Å²) in [6.07, 6.45) is 0. The fourth-order valence-corrected chi connectivity index (χ4v) is 2.68. The average molecular weight is 299 g/mol. The minimum absolute atomic E-state index is 0.105. The van der Waals surface area contributed by atoms with Crippen LogP contribution in [0.5, 0.6) is 0 Å². The molecule has 1 aromatic heterocycles. The van der Waals surface area contributed by atoms with Crippen LogP contribution in [-0.2, 0) is 5.75 Å². The average Bonchev–Trinajstić information content (AvgIpc) is 2.95. The van der Waals surface area contributed by atoms with Crippen LogP contribution in [0.2, 0.25) is 0 Å². The molecule has 0 radical (unpaired) electrons. The molecule has 0 aliphatic heterocycles. The molecule has 0 spiro atoms. The molecule has 3 N–H and O–H groups in total. The number of fused-ring (bicyclic) bond motifs is 1. The van der Waals surface area contributed by atoms with E-state index < -0.39 is 0 Å². The van der Waals surface area contributed by atoms with Gasteiger partial charge in [-0.2, -0.15) is 0 Å². The van der Waals surface area contributed by atoms with Gasteiger partial charge in [0.05, 0.1) is 0 Å². The minimum Gasteiger partial charge on any atom is -0.431 e. The summed E-state index contributed by atoms with van der Waals surface area (Å²) in [7, 11) is 0. The minimum atomic E-state index is 0.105. The summed E-state index contributed by atoms with van der Waals surface area (Å²) in [5.41, 5.74) is 8.98. The maximum atomic E-state index is 8.62. The molecule has 0 saturated carbocycles. The van der Waals surface area contributed by atoms with Crippen LogP contribution in [-0.4, -0.2) is 16.0 Å². The molecule has 0 fully saturated rings. The van der Waals surface area contributed by atoms with Crippen LogP contribution in [0.4, 0.5) is 0 Å². The molecule has 0 bridgehead atoms. The van der Waals surface area contributed by atoms with Crippen molar-refractivity contribution in [2.45, 2.75) is 11.0 Å². The van der Waals surface area contributed by atoms with E-state index in [0.717, 1.165) is 22.4 Å². The van der Waals surface area contributed by atoms with E-state index >= 15 is 0 Å². The van der Waals surface area contributed by atoms with E-state index in [1.165, 1.54) is 11.8 Å². The van der Waals surface area contributed by atoms with Gasteiger partial charge in [-0.25, -0.2) is 4.98 Å². The van der Waals surface area contributed by atoms with E-state index in [9.17, 15) is 0 Å². The summed E-state index contributed by atoms with van der Waals surface area (Å²) in [5.74, 6) is 0.844. The predicted octanol–water partition coefficient (Wildman–Crippen LogP) is 3.21. The SMILES string of the molecule is N/C(=N\O)c1ccc(CSc2nc3ccccc3o2)cc1. The third kappa shape index (κ3) is 3.00. The molecular formula is C15H13N3O2S. The first-order valence-electron chi connectivity index (χ1n) is 6.31. The lowest BCUT2D eigenvalue weighted by Gasteiger charge is -2.01. The topological polar surface area (TPSA) is 84.6 Å². The molecule has 21 heavy (non-hydrogen) atoms. The fraction of sp³-hybridized carbons (Fsp3) is 0.0667. The number of amidine groups is 1. The maximum absolute atomic E-state index is 8.62. The standard InChI is InChI=1S/C15H13N3O2S/c16-14(18-19)11-7-5-10(6-8-11)9-21-15-17-12-3-1-2-4-13(12)20-15/h1-8,19H,9H2,(H2,16,18). The van der Waals surface area contributed by atoms with Crippen molar-refractivity contribution in [1.82, 2.24) is 4.98 Å². The first-order chi connectivity index (χ1) is 10.3. The number of nitrogens with two attached hydrogens (primary N) is 1. The summed E-state index contributed by atoms with van der Waals surface area (Å²) in [6.45, 7) is 0. The summed E-state index contributed by atoms with van der Waals surface area (Å²) in [5, 5.41) is 12.2. The quantitative estimate of drug-likeness (QED) is 0.254. The molecule has 0 amide bonds. The van der Waals surface area contributed by atoms with E-state index in [-0.39, 0.29) is 5.84 Å². The van der Waals surface area contributed by atoms with E-state index in [0.29, 0.717) is 10.8 Å². The van der Waals surface area contributed by atoms with Gasteiger partial charge >= 0.3 is 0 Å². The first kappa shape index (κ1) is 13.5. The lowest BCUT2D eigenvalue weighted by atomic mass is 10.1. The van der Waals surface area contributed by atoms with Gasteiger partial charge < -0.3 is 15.4 Å². The van der Waals surface area contributed by atoms with Crippen LogP contribution in [0.25, 0.3) is 11.1 Å². The van der Waals surface area contributed by atoms with Crippen molar-refractivity contribution >= 4 is 28.7 Å². The molecule has 106 valence electrons. The Labute approximate surface area is 125 Å². The molecule has 6 heteroatoms. The summed E-state index contributed by atoms with van der Waals surface area (Å²) in [4.78, 5) is 4.41. The van der Waals surface area contributed by atoms with E-state index in [1.54, 1.807) is 0 Å². The number of hydrogen-bond donors (Lipinski definition) is 2. The van der Waals surface area contributed by atoms with Crippen molar-refractivity contribution < 1.29 is 9.62 Å². The first-order valence-corrected chi connectivity index (χ1v) is 7.30. The van der Waals surface area contributed by atoms with Gasteiger partial charge in [0.1, 0.15) is 5.52 Å². The number of hydrogen-bond acceptors (Lipinski definition) is 5. The van der Waals surface area contributed by atoms with E-state index in [1.807, 2.05) is 48.5 Å². The number of oxime groups is 1. The summed E-state index contributed by atoms with van der Waals surface area (Å²) in [6, 6.07) is 15.2. The summed E-state index contributed by atoms with van der Waals surface area (Å²) < 4.78 is 5.65. The summed E-state index contributed by atoms with van der Waals surface area (Å²) >= 11 is 1.53. The van der Waals surface area contributed by atoms with Crippen molar-refractivity contribution in [3.63, 3.8) is 0 Å². The Morgan fingerprint density at radius 1 is 1.19 bits per heavy atom. The van der Waals surface area contributed by atoms with Crippen LogP contribution >= 0.6 is 11.8 Å². The Hall–Kier alpha value is -2.47. The molecule has 3 aromatic rings. The number of thioether (sulfide) groups is 1. The van der Waals surface area contributed by atoms with Gasteiger partial charge in [-0.1, -0.05) is 53.3 Å². The Morgan fingerprint density at radius 3 is 2.67 bits per heavy atom. The van der Waals surface area contributed by atoms with Crippen LogP contribution in [0.1, 0.15) is 11.1 Å². The molecule has 0 aliphatic rings. The number of nitrogens with zero attached hydrogens (tertiary/aromatic N) is 2. The van der Waals surface area contributed by atoms with Gasteiger partial charge in [0.25, 0.3) is 5.22 Å². The molecule has 3 rings (SSSR count). The molecule has 2 aromatic carbocycles. The zero-order chi connectivity index (χ0) is 14.7. The van der Waals surface area contributed by atoms with Crippen LogP contribution in [0.15, 0.2) is 63.3 Å². The number of benzene rings is 2. The lowest BCUT2D eigenvalue weighted by Crippen LogP contribution is -2.12. The Bertz CT molecular complexity index is 748. The van der Waals surface area contributed by atoms with Gasteiger partial charge in [-0.3, -0.25) is 0 Å². The van der Waals surface area contributed by atoms with E-state index in [4.69, 9.17) is 15.4 Å². The van der Waals surface area contributed by atoms with Crippen molar-refractivity contribution in [2.24, 2.45) is 10.9 Å². The number of aromatic nitrogens is 1. The maximum Gasteiger partial charge on any atom is 0.257 e. The second-order valence-electron chi connectivity index (χ2n) is 4.42. The highest BCUT2D eigenvalue weighted by Crippen LogP contribution is 2.26. The van der Waals surface area contributed by atoms with Crippen molar-refractivity contribution in [2.75, 3.05) is 0 Å². The van der Waals surface area contributed by atoms with Crippen LogP contribution < -0.4 is 5.73 Å². The molecule has 0 saturated heterocycles. The Kier molecular flexibility index (Phi) is 3.79. The van der Waals surface area contributed by atoms with Gasteiger partial charge in [-0.05, 0) is 17.7 Å². The highest BCUT2D eigenvalue weighted by molar-refractivity contribution is 7.98. The van der Waals surface area contributed by atoms with Crippen LogP contribution in [0.3, 0.4) is 0 Å². The van der Waals surface area contributed by atoms with Crippen LogP contribution in [0, 0.1) is 0 Å². The monoisotopic (exact) mass is 299 g/mol. The van der Waals surface area contributed by atoms with Gasteiger partial charge in [0.2, 0.25) is 0 Å². The van der Waals surface area contributed by atoms with Gasteiger partial charge in [0, 0.05) is 11.3 Å². The zero-order valence-corrected chi connectivity index (χ0v) is 11.9. The van der Waals surface area contributed by atoms with E-state index in [2.05, 4.69) is 10.1 Å². The molecular weight excluding hydrogens is 286 g/mol. The normalized spacial score (nSPS) is 11.9. The van der Waals surface area contributed by atoms with Crippen molar-refractivity contribution in [3.05, 3.63) is 59.7 Å². The largest absolute Gasteiger partial charge is 0.431 e. The molecule has 0 atom stereocenters.